The Morgan fingerprint density at radius 2 is 1.86 bits per heavy atom. The van der Waals surface area contributed by atoms with Gasteiger partial charge in [0.25, 0.3) is 0 Å². The number of anilines is 1. The quantitative estimate of drug-likeness (QED) is 0.241. The van der Waals surface area contributed by atoms with Crippen LogP contribution in [0.4, 0.5) is 5.82 Å². The molecule has 5 N–H and O–H groups in total. The molecule has 0 aliphatic heterocycles. The highest BCUT2D eigenvalue weighted by molar-refractivity contribution is 5.86. The molecule has 3 fully saturated rings. The number of aliphatic hydroxyl groups is 2. The molecule has 224 valence electrons. The van der Waals surface area contributed by atoms with E-state index in [4.69, 9.17) is 10.7 Å². The number of nitrogens with two attached hydrogens (primary N) is 1. The highest BCUT2D eigenvalue weighted by atomic mass is 16.3. The van der Waals surface area contributed by atoms with E-state index in [2.05, 4.69) is 58.8 Å². The molecule has 1 aromatic carbocycles. The molecule has 3 aliphatic rings. The average molecular weight is 572 g/mol. The molecule has 9 heteroatoms. The second-order valence-corrected chi connectivity index (χ2v) is 14.2. The minimum atomic E-state index is -0.831. The van der Waals surface area contributed by atoms with Gasteiger partial charge in [-0.3, -0.25) is 4.90 Å². The van der Waals surface area contributed by atoms with Gasteiger partial charge in [0, 0.05) is 37.2 Å². The fourth-order valence-electron chi connectivity index (χ4n) is 7.59. The fourth-order valence-corrected chi connectivity index (χ4v) is 7.59. The zero-order valence-electron chi connectivity index (χ0n) is 25.1. The van der Waals surface area contributed by atoms with Crippen molar-refractivity contribution in [2.45, 2.75) is 108 Å². The second-order valence-electron chi connectivity index (χ2n) is 14.2. The smallest absolute Gasteiger partial charge is 0.145 e. The van der Waals surface area contributed by atoms with Crippen molar-refractivity contribution in [3.05, 3.63) is 48.2 Å². The standard InChI is InChI=1S/C33H45N7O2/c1-33(2,3)21-8-9-25-26(16-21)38-28(37-25)10-7-19-13-23(14-19)40(22-5-4-6-22)17-20-15-27(30(42)29(20)41)39-12-11-24-31(34)35-18-36-32(24)39/h8-9,11-12,16,18-20,22-23,27,29-30,41-42H,4-7,10,13-15,17H2,1-3H3,(H,37,38)(H2,34,35,36). The Morgan fingerprint density at radius 1 is 1.05 bits per heavy atom. The summed E-state index contributed by atoms with van der Waals surface area (Å²) in [6.45, 7) is 7.56. The van der Waals surface area contributed by atoms with E-state index in [1.807, 2.05) is 16.8 Å². The molecule has 3 saturated carbocycles. The van der Waals surface area contributed by atoms with Crippen molar-refractivity contribution >= 4 is 27.9 Å². The van der Waals surface area contributed by atoms with Crippen LogP contribution in [-0.4, -0.2) is 70.5 Å². The number of aromatic amines is 1. The molecule has 0 saturated heterocycles. The van der Waals surface area contributed by atoms with Crippen LogP contribution in [-0.2, 0) is 11.8 Å². The maximum absolute atomic E-state index is 11.2. The largest absolute Gasteiger partial charge is 0.390 e. The molecule has 0 bridgehead atoms. The first-order chi connectivity index (χ1) is 20.2. The first-order valence-electron chi connectivity index (χ1n) is 15.8. The average Bonchev–Trinajstić information content (AvgIpc) is 3.58. The Balaban J connectivity index is 0.977. The fraction of sp³-hybridized carbons (Fsp3) is 0.606. The van der Waals surface area contributed by atoms with Crippen molar-refractivity contribution < 1.29 is 10.2 Å². The summed E-state index contributed by atoms with van der Waals surface area (Å²) in [6.07, 6.45) is 10.8. The molecule has 3 aliphatic carbocycles. The number of nitrogen functional groups attached to an aromatic ring is 1. The number of H-pyrrole nitrogens is 1. The molecule has 7 rings (SSSR count). The molecule has 0 amide bonds. The van der Waals surface area contributed by atoms with Crippen molar-refractivity contribution in [1.82, 2.24) is 29.4 Å². The van der Waals surface area contributed by atoms with E-state index in [9.17, 15) is 10.2 Å². The molecule has 0 spiro atoms. The monoisotopic (exact) mass is 571 g/mol. The van der Waals surface area contributed by atoms with E-state index < -0.39 is 12.2 Å². The van der Waals surface area contributed by atoms with Crippen molar-refractivity contribution in [3.63, 3.8) is 0 Å². The van der Waals surface area contributed by atoms with E-state index in [1.165, 1.54) is 44.0 Å². The normalized spacial score (nSPS) is 28.5. The number of benzene rings is 1. The summed E-state index contributed by atoms with van der Waals surface area (Å²) in [7, 11) is 0. The Bertz CT molecular complexity index is 1560. The third kappa shape index (κ3) is 4.99. The van der Waals surface area contributed by atoms with Gasteiger partial charge in [-0.2, -0.15) is 0 Å². The number of fused-ring (bicyclic) bond motifs is 2. The van der Waals surface area contributed by atoms with Gasteiger partial charge in [0.1, 0.15) is 29.7 Å². The molecule has 42 heavy (non-hydrogen) atoms. The number of rotatable bonds is 8. The number of aliphatic hydroxyl groups excluding tert-OH is 2. The summed E-state index contributed by atoms with van der Waals surface area (Å²) in [4.78, 5) is 19.7. The lowest BCUT2D eigenvalue weighted by atomic mass is 9.74. The summed E-state index contributed by atoms with van der Waals surface area (Å²) in [5.74, 6) is 2.26. The molecular weight excluding hydrogens is 526 g/mol. The van der Waals surface area contributed by atoms with Gasteiger partial charge in [-0.05, 0) is 73.6 Å². The van der Waals surface area contributed by atoms with Crippen LogP contribution in [0.5, 0.6) is 0 Å². The van der Waals surface area contributed by atoms with Crippen molar-refractivity contribution in [3.8, 4) is 0 Å². The summed E-state index contributed by atoms with van der Waals surface area (Å²) >= 11 is 0. The zero-order chi connectivity index (χ0) is 29.2. The first kappa shape index (κ1) is 27.8. The maximum atomic E-state index is 11.2. The number of hydrogen-bond donors (Lipinski definition) is 4. The number of nitrogens with one attached hydrogen (secondary N) is 1. The molecule has 4 atom stereocenters. The minimum absolute atomic E-state index is 0.0230. The van der Waals surface area contributed by atoms with Crippen LogP contribution in [0.2, 0.25) is 0 Å². The van der Waals surface area contributed by atoms with Gasteiger partial charge >= 0.3 is 0 Å². The Hall–Kier alpha value is -3.01. The lowest BCUT2D eigenvalue weighted by Crippen LogP contribution is -2.54. The van der Waals surface area contributed by atoms with Gasteiger partial charge in [-0.15, -0.1) is 0 Å². The van der Waals surface area contributed by atoms with Gasteiger partial charge in [0.05, 0.1) is 28.6 Å². The van der Waals surface area contributed by atoms with Gasteiger partial charge in [-0.1, -0.05) is 33.3 Å². The van der Waals surface area contributed by atoms with Crippen LogP contribution < -0.4 is 5.73 Å². The summed E-state index contributed by atoms with van der Waals surface area (Å²) in [5, 5.41) is 23.1. The zero-order valence-corrected chi connectivity index (χ0v) is 25.1. The topological polar surface area (TPSA) is 129 Å². The SMILES string of the molecule is CC(C)(C)c1ccc2[nH]c(CCC3CC(N(CC4CC(n5ccc6c(N)ncnc65)C(O)C4O)C4CCC4)C3)nc2c1. The maximum Gasteiger partial charge on any atom is 0.145 e. The highest BCUT2D eigenvalue weighted by Crippen LogP contribution is 2.43. The molecule has 4 unspecified atom stereocenters. The Labute approximate surface area is 247 Å². The number of aryl methyl sites for hydroxylation is 1. The van der Waals surface area contributed by atoms with Crippen LogP contribution >= 0.6 is 0 Å². The minimum Gasteiger partial charge on any atom is -0.390 e. The van der Waals surface area contributed by atoms with Gasteiger partial charge < -0.3 is 25.5 Å². The summed E-state index contributed by atoms with van der Waals surface area (Å²) in [5.41, 5.74) is 10.4. The molecule has 3 aromatic heterocycles. The predicted molar refractivity (Wildman–Crippen MR) is 165 cm³/mol. The van der Waals surface area contributed by atoms with Crippen LogP contribution in [0, 0.1) is 11.8 Å². The third-order valence-corrected chi connectivity index (χ3v) is 10.5. The van der Waals surface area contributed by atoms with Crippen molar-refractivity contribution in [2.24, 2.45) is 11.8 Å². The second kappa shape index (κ2) is 10.6. The van der Waals surface area contributed by atoms with E-state index in [0.717, 1.165) is 53.7 Å². The third-order valence-electron chi connectivity index (χ3n) is 10.5. The van der Waals surface area contributed by atoms with E-state index in [0.29, 0.717) is 23.8 Å². The van der Waals surface area contributed by atoms with Crippen LogP contribution in [0.1, 0.15) is 83.1 Å². The molecule has 9 nitrogen and oxygen atoms in total. The number of aromatic nitrogens is 5. The lowest BCUT2D eigenvalue weighted by Gasteiger charge is -2.50. The van der Waals surface area contributed by atoms with E-state index >= 15 is 0 Å². The predicted octanol–water partition coefficient (Wildman–Crippen LogP) is 4.74. The van der Waals surface area contributed by atoms with Crippen LogP contribution in [0.25, 0.3) is 22.1 Å². The van der Waals surface area contributed by atoms with Gasteiger partial charge in [0.15, 0.2) is 0 Å². The number of imidazole rings is 1. The summed E-state index contributed by atoms with van der Waals surface area (Å²) < 4.78 is 1.98. The Kier molecular flexibility index (Phi) is 7.02. The van der Waals surface area contributed by atoms with Crippen molar-refractivity contribution in [2.75, 3.05) is 12.3 Å². The van der Waals surface area contributed by atoms with Crippen LogP contribution in [0.15, 0.2) is 36.8 Å². The van der Waals surface area contributed by atoms with Crippen LogP contribution in [0.3, 0.4) is 0 Å². The number of hydrogen-bond acceptors (Lipinski definition) is 7. The summed E-state index contributed by atoms with van der Waals surface area (Å²) in [6, 6.07) is 9.46. The number of nitrogens with zero attached hydrogens (tertiary/aromatic N) is 5. The highest BCUT2D eigenvalue weighted by Gasteiger charge is 2.46. The molecular formula is C33H45N7O2. The lowest BCUT2D eigenvalue weighted by molar-refractivity contribution is -0.0338. The van der Waals surface area contributed by atoms with E-state index in [1.54, 1.807) is 0 Å². The first-order valence-corrected chi connectivity index (χ1v) is 15.8. The molecule has 4 aromatic rings. The molecule has 0 radical (unpaired) electrons. The Morgan fingerprint density at radius 3 is 2.60 bits per heavy atom. The molecule has 3 heterocycles. The van der Waals surface area contributed by atoms with Crippen molar-refractivity contribution in [1.29, 1.82) is 0 Å². The van der Waals surface area contributed by atoms with Gasteiger partial charge in [-0.25, -0.2) is 15.0 Å². The van der Waals surface area contributed by atoms with Gasteiger partial charge in [0.2, 0.25) is 0 Å². The van der Waals surface area contributed by atoms with E-state index in [-0.39, 0.29) is 17.4 Å².